The fourth-order valence-corrected chi connectivity index (χ4v) is 2.08. The zero-order chi connectivity index (χ0) is 12.4. The number of aromatic nitrogens is 1. The molecule has 1 aromatic carbocycles. The summed E-state index contributed by atoms with van der Waals surface area (Å²) in [5.41, 5.74) is 2.83. The van der Waals surface area contributed by atoms with Crippen LogP contribution in [0.4, 0.5) is 4.39 Å². The van der Waals surface area contributed by atoms with Crippen molar-refractivity contribution in [3.05, 3.63) is 35.3 Å². The highest BCUT2D eigenvalue weighted by atomic mass is 19.1. The lowest BCUT2D eigenvalue weighted by atomic mass is 10.1. The van der Waals surface area contributed by atoms with Crippen molar-refractivity contribution in [3.8, 4) is 0 Å². The molecule has 17 heavy (non-hydrogen) atoms. The molecular weight excluding hydrogens is 215 g/mol. The molecule has 0 unspecified atom stereocenters. The van der Waals surface area contributed by atoms with Crippen molar-refractivity contribution in [1.29, 1.82) is 0 Å². The van der Waals surface area contributed by atoms with E-state index in [1.54, 1.807) is 6.07 Å². The Morgan fingerprint density at radius 2 is 2.12 bits per heavy atom. The van der Waals surface area contributed by atoms with E-state index in [4.69, 9.17) is 0 Å². The maximum atomic E-state index is 13.6. The fraction of sp³-hybridized carbons (Fsp3) is 0.429. The van der Waals surface area contributed by atoms with Gasteiger partial charge in [0.2, 0.25) is 0 Å². The number of aromatic amines is 1. The summed E-state index contributed by atoms with van der Waals surface area (Å²) in [6.45, 7) is 8.10. The summed E-state index contributed by atoms with van der Waals surface area (Å²) in [7, 11) is 0. The summed E-state index contributed by atoms with van der Waals surface area (Å²) in [5, 5.41) is 4.38. The van der Waals surface area contributed by atoms with Crippen LogP contribution in [0, 0.1) is 18.7 Å². The molecule has 2 N–H and O–H groups in total. The van der Waals surface area contributed by atoms with Crippen LogP contribution in [0.2, 0.25) is 0 Å². The second-order valence-electron chi connectivity index (χ2n) is 4.92. The fourth-order valence-electron chi connectivity index (χ4n) is 2.08. The minimum absolute atomic E-state index is 0.180. The third kappa shape index (κ3) is 2.50. The SMILES string of the molecule is Cc1[nH]c2c(F)cccc2c1CNCC(C)C. The molecule has 92 valence electrons. The Hall–Kier alpha value is -1.35. The summed E-state index contributed by atoms with van der Waals surface area (Å²) in [5.74, 6) is 0.443. The van der Waals surface area contributed by atoms with Crippen LogP contribution in [0.5, 0.6) is 0 Å². The number of nitrogens with one attached hydrogen (secondary N) is 2. The number of benzene rings is 1. The normalized spacial score (nSPS) is 11.6. The lowest BCUT2D eigenvalue weighted by Crippen LogP contribution is -2.19. The van der Waals surface area contributed by atoms with Gasteiger partial charge in [0.25, 0.3) is 0 Å². The number of H-pyrrole nitrogens is 1. The largest absolute Gasteiger partial charge is 0.356 e. The Morgan fingerprint density at radius 1 is 1.35 bits per heavy atom. The van der Waals surface area contributed by atoms with Crippen LogP contribution in [0.15, 0.2) is 18.2 Å². The van der Waals surface area contributed by atoms with Gasteiger partial charge >= 0.3 is 0 Å². The van der Waals surface area contributed by atoms with Gasteiger partial charge in [0.1, 0.15) is 5.82 Å². The van der Waals surface area contributed by atoms with Crippen molar-refractivity contribution in [2.24, 2.45) is 5.92 Å². The standard InChI is InChI=1S/C14H19FN2/c1-9(2)7-16-8-12-10(3)17-14-11(12)5-4-6-13(14)15/h4-6,9,16-17H,7-8H2,1-3H3. The molecule has 1 aromatic heterocycles. The van der Waals surface area contributed by atoms with Gasteiger partial charge in [-0.2, -0.15) is 0 Å². The zero-order valence-electron chi connectivity index (χ0n) is 10.6. The van der Waals surface area contributed by atoms with Crippen LogP contribution in [0.3, 0.4) is 0 Å². The number of fused-ring (bicyclic) bond motifs is 1. The van der Waals surface area contributed by atoms with Gasteiger partial charge in [0.05, 0.1) is 5.52 Å². The number of aryl methyl sites for hydroxylation is 1. The van der Waals surface area contributed by atoms with Crippen molar-refractivity contribution in [2.75, 3.05) is 6.54 Å². The van der Waals surface area contributed by atoms with E-state index in [1.165, 1.54) is 11.6 Å². The van der Waals surface area contributed by atoms with Crippen LogP contribution >= 0.6 is 0 Å². The highest BCUT2D eigenvalue weighted by molar-refractivity contribution is 5.85. The molecule has 2 aromatic rings. The summed E-state index contributed by atoms with van der Waals surface area (Å²) in [6.07, 6.45) is 0. The van der Waals surface area contributed by atoms with E-state index in [1.807, 2.05) is 13.0 Å². The van der Waals surface area contributed by atoms with E-state index in [0.29, 0.717) is 11.4 Å². The summed E-state index contributed by atoms with van der Waals surface area (Å²) in [4.78, 5) is 3.12. The number of para-hydroxylation sites is 1. The Bertz CT molecular complexity index is 514. The topological polar surface area (TPSA) is 27.8 Å². The van der Waals surface area contributed by atoms with E-state index >= 15 is 0 Å². The molecule has 0 bridgehead atoms. The number of halogens is 1. The predicted octanol–water partition coefficient (Wildman–Crippen LogP) is 3.36. The Balaban J connectivity index is 2.27. The van der Waals surface area contributed by atoms with Crippen molar-refractivity contribution >= 4 is 10.9 Å². The molecule has 0 fully saturated rings. The maximum Gasteiger partial charge on any atom is 0.147 e. The van der Waals surface area contributed by atoms with Gasteiger partial charge < -0.3 is 10.3 Å². The van der Waals surface area contributed by atoms with Gasteiger partial charge in [0, 0.05) is 17.6 Å². The van der Waals surface area contributed by atoms with Crippen LogP contribution in [0.1, 0.15) is 25.1 Å². The molecule has 0 saturated carbocycles. The second kappa shape index (κ2) is 4.88. The lowest BCUT2D eigenvalue weighted by molar-refractivity contribution is 0.552. The quantitative estimate of drug-likeness (QED) is 0.834. The van der Waals surface area contributed by atoms with Crippen LogP contribution in [-0.4, -0.2) is 11.5 Å². The monoisotopic (exact) mass is 234 g/mol. The second-order valence-corrected chi connectivity index (χ2v) is 4.92. The summed E-state index contributed by atoms with van der Waals surface area (Å²) in [6, 6.07) is 5.22. The van der Waals surface area contributed by atoms with Gasteiger partial charge in [-0.1, -0.05) is 26.0 Å². The first-order valence-electron chi connectivity index (χ1n) is 6.06. The Labute approximate surface area is 101 Å². The number of hydrogen-bond acceptors (Lipinski definition) is 1. The average Bonchev–Trinajstić information content (AvgIpc) is 2.57. The third-order valence-corrected chi connectivity index (χ3v) is 2.96. The zero-order valence-corrected chi connectivity index (χ0v) is 10.6. The van der Waals surface area contributed by atoms with Gasteiger partial charge in [-0.25, -0.2) is 4.39 Å². The average molecular weight is 234 g/mol. The molecule has 2 nitrogen and oxygen atoms in total. The Morgan fingerprint density at radius 3 is 2.82 bits per heavy atom. The number of rotatable bonds is 4. The minimum Gasteiger partial charge on any atom is -0.356 e. The van der Waals surface area contributed by atoms with Crippen LogP contribution in [0.25, 0.3) is 10.9 Å². The molecule has 0 radical (unpaired) electrons. The van der Waals surface area contributed by atoms with Crippen molar-refractivity contribution in [3.63, 3.8) is 0 Å². The first-order valence-corrected chi connectivity index (χ1v) is 6.06. The van der Waals surface area contributed by atoms with Crippen LogP contribution < -0.4 is 5.32 Å². The molecule has 1 heterocycles. The molecule has 0 aliphatic heterocycles. The van der Waals surface area contributed by atoms with Gasteiger partial charge in [0.15, 0.2) is 0 Å². The van der Waals surface area contributed by atoms with Crippen LogP contribution in [-0.2, 0) is 6.54 Å². The van der Waals surface area contributed by atoms with Crippen molar-refractivity contribution in [1.82, 2.24) is 10.3 Å². The lowest BCUT2D eigenvalue weighted by Gasteiger charge is -2.07. The predicted molar refractivity (Wildman–Crippen MR) is 69.5 cm³/mol. The summed E-state index contributed by atoms with van der Waals surface area (Å²) < 4.78 is 13.6. The molecule has 0 aliphatic carbocycles. The molecule has 0 aliphatic rings. The van der Waals surface area contributed by atoms with Gasteiger partial charge in [-0.3, -0.25) is 0 Å². The molecule has 3 heteroatoms. The summed E-state index contributed by atoms with van der Waals surface area (Å²) >= 11 is 0. The first-order chi connectivity index (χ1) is 8.09. The molecule has 0 saturated heterocycles. The van der Waals surface area contributed by atoms with E-state index < -0.39 is 0 Å². The van der Waals surface area contributed by atoms with Crippen molar-refractivity contribution in [2.45, 2.75) is 27.3 Å². The molecule has 0 atom stereocenters. The van der Waals surface area contributed by atoms with Gasteiger partial charge in [-0.15, -0.1) is 0 Å². The van der Waals surface area contributed by atoms with E-state index in [-0.39, 0.29) is 5.82 Å². The highest BCUT2D eigenvalue weighted by Crippen LogP contribution is 2.23. The Kier molecular flexibility index (Phi) is 3.48. The van der Waals surface area contributed by atoms with E-state index in [9.17, 15) is 4.39 Å². The van der Waals surface area contributed by atoms with Crippen molar-refractivity contribution < 1.29 is 4.39 Å². The molecule has 2 rings (SSSR count). The molecule has 0 amide bonds. The van der Waals surface area contributed by atoms with E-state index in [0.717, 1.165) is 24.2 Å². The number of hydrogen-bond donors (Lipinski definition) is 2. The first kappa shape index (κ1) is 12.1. The minimum atomic E-state index is -0.180. The smallest absolute Gasteiger partial charge is 0.147 e. The highest BCUT2D eigenvalue weighted by Gasteiger charge is 2.10. The maximum absolute atomic E-state index is 13.6. The molecule has 0 spiro atoms. The third-order valence-electron chi connectivity index (χ3n) is 2.96. The van der Waals surface area contributed by atoms with E-state index in [2.05, 4.69) is 24.1 Å². The van der Waals surface area contributed by atoms with Gasteiger partial charge in [-0.05, 0) is 31.0 Å². The molecular formula is C14H19FN2.